The molecule has 2 saturated heterocycles. The Morgan fingerprint density at radius 1 is 1.07 bits per heavy atom. The molecule has 0 bridgehead atoms. The second-order valence-electron chi connectivity index (χ2n) is 7.49. The number of guanidine groups is 1. The third-order valence-corrected chi connectivity index (χ3v) is 5.31. The lowest BCUT2D eigenvalue weighted by Gasteiger charge is -2.26. The Bertz CT molecular complexity index is 387. The van der Waals surface area contributed by atoms with Crippen molar-refractivity contribution in [3.63, 3.8) is 0 Å². The molecule has 1 N–H and O–H groups in total. The van der Waals surface area contributed by atoms with E-state index in [1.807, 2.05) is 0 Å². The van der Waals surface area contributed by atoms with E-state index in [2.05, 4.69) is 24.2 Å². The molecule has 2 fully saturated rings. The van der Waals surface area contributed by atoms with Crippen LogP contribution in [0.3, 0.4) is 0 Å². The summed E-state index contributed by atoms with van der Waals surface area (Å²) in [6, 6.07) is 0. The van der Waals surface area contributed by atoms with Gasteiger partial charge in [0.2, 0.25) is 0 Å². The van der Waals surface area contributed by atoms with Crippen LogP contribution in [0.15, 0.2) is 4.99 Å². The summed E-state index contributed by atoms with van der Waals surface area (Å²) < 4.78 is 16.7. The topological polar surface area (TPSA) is 55.3 Å². The fraction of sp³-hybridized carbons (Fsp3) is 0.950. The fourth-order valence-electron chi connectivity index (χ4n) is 3.50. The maximum absolute atomic E-state index is 5.83. The average molecular weight is 497 g/mol. The van der Waals surface area contributed by atoms with Gasteiger partial charge in [-0.1, -0.05) is 0 Å². The molecule has 0 atom stereocenters. The molecule has 2 rings (SSSR count). The first kappa shape index (κ1) is 24.9. The first-order valence-corrected chi connectivity index (χ1v) is 10.5. The molecule has 7 heteroatoms. The summed E-state index contributed by atoms with van der Waals surface area (Å²) in [5, 5.41) is 3.41. The minimum Gasteiger partial charge on any atom is -0.381 e. The van der Waals surface area contributed by atoms with Crippen molar-refractivity contribution in [2.24, 2.45) is 16.8 Å². The van der Waals surface area contributed by atoms with Crippen molar-refractivity contribution in [2.45, 2.75) is 45.4 Å². The number of rotatable bonds is 10. The molecule has 160 valence electrons. The van der Waals surface area contributed by atoms with Crippen LogP contribution in [-0.2, 0) is 14.2 Å². The third-order valence-electron chi connectivity index (χ3n) is 5.31. The summed E-state index contributed by atoms with van der Waals surface area (Å²) in [7, 11) is 2.14. The molecule has 0 aromatic carbocycles. The summed E-state index contributed by atoms with van der Waals surface area (Å²) >= 11 is 0. The van der Waals surface area contributed by atoms with Crippen LogP contribution in [0.1, 0.15) is 45.4 Å². The number of nitrogens with one attached hydrogen (secondary N) is 1. The summed E-state index contributed by atoms with van der Waals surface area (Å²) in [5.41, 5.74) is 0. The van der Waals surface area contributed by atoms with E-state index in [1.54, 1.807) is 0 Å². The van der Waals surface area contributed by atoms with Crippen LogP contribution < -0.4 is 5.32 Å². The van der Waals surface area contributed by atoms with Gasteiger partial charge in [0.25, 0.3) is 0 Å². The van der Waals surface area contributed by atoms with Crippen LogP contribution in [0.2, 0.25) is 0 Å². The molecule has 2 aliphatic heterocycles. The highest BCUT2D eigenvalue weighted by atomic mass is 127. The standard InChI is InChI=1S/C20H39N3O3.HI/c1-3-21-20(23(2)11-5-18-6-13-24-14-7-18)22-10-4-12-26-17-19-8-15-25-16-9-19;/h18-19H,3-17H2,1-2H3,(H,21,22);1H. The zero-order valence-corrected chi connectivity index (χ0v) is 19.6. The Balaban J connectivity index is 0.00000364. The van der Waals surface area contributed by atoms with Gasteiger partial charge in [-0.15, -0.1) is 24.0 Å². The molecule has 0 radical (unpaired) electrons. The molecule has 0 aromatic rings. The predicted molar refractivity (Wildman–Crippen MR) is 121 cm³/mol. The zero-order valence-electron chi connectivity index (χ0n) is 17.3. The Labute approximate surface area is 182 Å². The van der Waals surface area contributed by atoms with Crippen LogP contribution >= 0.6 is 24.0 Å². The lowest BCUT2D eigenvalue weighted by atomic mass is 9.96. The highest BCUT2D eigenvalue weighted by Gasteiger charge is 2.15. The van der Waals surface area contributed by atoms with Gasteiger partial charge in [0, 0.05) is 66.3 Å². The fourth-order valence-corrected chi connectivity index (χ4v) is 3.50. The van der Waals surface area contributed by atoms with Gasteiger partial charge in [-0.2, -0.15) is 0 Å². The van der Waals surface area contributed by atoms with Crippen molar-refractivity contribution in [2.75, 3.05) is 66.3 Å². The molecule has 2 heterocycles. The summed E-state index contributed by atoms with van der Waals surface area (Å²) in [5.74, 6) is 2.50. The Kier molecular flexibility index (Phi) is 14.5. The van der Waals surface area contributed by atoms with Crippen molar-refractivity contribution in [3.05, 3.63) is 0 Å². The molecule has 0 aromatic heterocycles. The Hall–Kier alpha value is -0.120. The first-order chi connectivity index (χ1) is 12.8. The van der Waals surface area contributed by atoms with Gasteiger partial charge in [-0.25, -0.2) is 0 Å². The molecule has 0 saturated carbocycles. The summed E-state index contributed by atoms with van der Waals surface area (Å²) in [6.45, 7) is 10.2. The molecular weight excluding hydrogens is 457 g/mol. The van der Waals surface area contributed by atoms with Crippen LogP contribution in [0.25, 0.3) is 0 Å². The van der Waals surface area contributed by atoms with E-state index < -0.39 is 0 Å². The lowest BCUT2D eigenvalue weighted by molar-refractivity contribution is 0.0205. The van der Waals surface area contributed by atoms with Gasteiger partial charge in [0.1, 0.15) is 0 Å². The second kappa shape index (κ2) is 15.8. The normalized spacial score (nSPS) is 19.6. The third kappa shape index (κ3) is 10.9. The number of hydrogen-bond donors (Lipinski definition) is 1. The maximum atomic E-state index is 5.83. The second-order valence-corrected chi connectivity index (χ2v) is 7.49. The molecule has 0 spiro atoms. The molecule has 0 unspecified atom stereocenters. The highest BCUT2D eigenvalue weighted by Crippen LogP contribution is 2.18. The van der Waals surface area contributed by atoms with Gasteiger partial charge in [0.05, 0.1) is 0 Å². The van der Waals surface area contributed by atoms with Crippen LogP contribution in [0.5, 0.6) is 0 Å². The van der Waals surface area contributed by atoms with E-state index >= 15 is 0 Å². The van der Waals surface area contributed by atoms with Crippen molar-refractivity contribution < 1.29 is 14.2 Å². The van der Waals surface area contributed by atoms with Gasteiger partial charge in [0.15, 0.2) is 5.96 Å². The van der Waals surface area contributed by atoms with Crippen LogP contribution in [0, 0.1) is 11.8 Å². The van der Waals surface area contributed by atoms with E-state index in [1.165, 1.54) is 19.3 Å². The largest absolute Gasteiger partial charge is 0.381 e. The van der Waals surface area contributed by atoms with Crippen molar-refractivity contribution in [3.8, 4) is 0 Å². The van der Waals surface area contributed by atoms with Crippen LogP contribution in [-0.4, -0.2) is 77.2 Å². The zero-order chi connectivity index (χ0) is 18.5. The molecule has 2 aliphatic rings. The van der Waals surface area contributed by atoms with E-state index in [-0.39, 0.29) is 24.0 Å². The van der Waals surface area contributed by atoms with Crippen molar-refractivity contribution in [1.82, 2.24) is 10.2 Å². The minimum absolute atomic E-state index is 0. The summed E-state index contributed by atoms with van der Waals surface area (Å²) in [6.07, 6.45) is 6.88. The highest BCUT2D eigenvalue weighted by molar-refractivity contribution is 14.0. The molecule has 27 heavy (non-hydrogen) atoms. The quantitative estimate of drug-likeness (QED) is 0.218. The molecule has 0 amide bonds. The van der Waals surface area contributed by atoms with Crippen molar-refractivity contribution in [1.29, 1.82) is 0 Å². The Morgan fingerprint density at radius 2 is 1.70 bits per heavy atom. The summed E-state index contributed by atoms with van der Waals surface area (Å²) in [4.78, 5) is 7.03. The van der Waals surface area contributed by atoms with Gasteiger partial charge in [-0.3, -0.25) is 4.99 Å². The number of hydrogen-bond acceptors (Lipinski definition) is 4. The van der Waals surface area contributed by atoms with Crippen molar-refractivity contribution >= 4 is 29.9 Å². The molecular formula is C20H40IN3O3. The monoisotopic (exact) mass is 497 g/mol. The van der Waals surface area contributed by atoms with Crippen LogP contribution in [0.4, 0.5) is 0 Å². The van der Waals surface area contributed by atoms with Gasteiger partial charge >= 0.3 is 0 Å². The van der Waals surface area contributed by atoms with E-state index in [9.17, 15) is 0 Å². The number of ether oxygens (including phenoxy) is 3. The Morgan fingerprint density at radius 3 is 2.33 bits per heavy atom. The van der Waals surface area contributed by atoms with E-state index in [0.717, 1.165) is 90.4 Å². The smallest absolute Gasteiger partial charge is 0.193 e. The van der Waals surface area contributed by atoms with E-state index in [0.29, 0.717) is 5.92 Å². The SMILES string of the molecule is CCNC(=NCCCOCC1CCOCC1)N(C)CCC1CCOCC1.I. The lowest BCUT2D eigenvalue weighted by Crippen LogP contribution is -2.40. The number of halogens is 1. The minimum atomic E-state index is 0. The first-order valence-electron chi connectivity index (χ1n) is 10.5. The molecule has 0 aliphatic carbocycles. The predicted octanol–water partition coefficient (Wildman–Crippen LogP) is 3.15. The number of aliphatic imine (C=N–C) groups is 1. The average Bonchev–Trinajstić information content (AvgIpc) is 2.69. The maximum Gasteiger partial charge on any atom is 0.193 e. The molecule has 6 nitrogen and oxygen atoms in total. The van der Waals surface area contributed by atoms with E-state index in [4.69, 9.17) is 19.2 Å². The van der Waals surface area contributed by atoms with Gasteiger partial charge in [-0.05, 0) is 57.3 Å². The van der Waals surface area contributed by atoms with Gasteiger partial charge < -0.3 is 24.4 Å². The number of nitrogens with zero attached hydrogens (tertiary/aromatic N) is 2.